The molecule has 0 aliphatic carbocycles. The van der Waals surface area contributed by atoms with Gasteiger partial charge >= 0.3 is 0 Å². The SMILES string of the molecule is CCNC(=NCC(c1cccs1)N1CCOCC1)NCCc1nc(C(C)C)no1. The molecule has 160 valence electrons. The van der Waals surface area contributed by atoms with Crippen LogP contribution in [-0.4, -0.2) is 66.9 Å². The Morgan fingerprint density at radius 1 is 1.31 bits per heavy atom. The summed E-state index contributed by atoms with van der Waals surface area (Å²) in [7, 11) is 0. The fourth-order valence-electron chi connectivity index (χ4n) is 3.17. The first kappa shape index (κ1) is 21.7. The molecular weight excluding hydrogens is 388 g/mol. The minimum absolute atomic E-state index is 0.272. The molecule has 2 aromatic heterocycles. The highest BCUT2D eigenvalue weighted by molar-refractivity contribution is 7.10. The average Bonchev–Trinajstić information content (AvgIpc) is 3.41. The molecule has 1 aliphatic heterocycles. The molecule has 1 fully saturated rings. The van der Waals surface area contributed by atoms with Crippen LogP contribution in [0, 0.1) is 0 Å². The first-order valence-corrected chi connectivity index (χ1v) is 11.2. The molecular formula is C20H32N6O2S. The predicted octanol–water partition coefficient (Wildman–Crippen LogP) is 2.43. The summed E-state index contributed by atoms with van der Waals surface area (Å²) in [6, 6.07) is 4.58. The molecule has 1 aliphatic rings. The first-order valence-electron chi connectivity index (χ1n) is 10.4. The summed E-state index contributed by atoms with van der Waals surface area (Å²) in [5.74, 6) is 2.49. The topological polar surface area (TPSA) is 87.8 Å². The van der Waals surface area contributed by atoms with E-state index in [0.29, 0.717) is 25.4 Å². The number of hydrogen-bond donors (Lipinski definition) is 2. The Balaban J connectivity index is 1.58. The van der Waals surface area contributed by atoms with Crippen molar-refractivity contribution in [3.05, 3.63) is 34.1 Å². The lowest BCUT2D eigenvalue weighted by Crippen LogP contribution is -2.42. The van der Waals surface area contributed by atoms with Gasteiger partial charge in [0.15, 0.2) is 11.8 Å². The molecule has 0 aromatic carbocycles. The first-order chi connectivity index (χ1) is 14.2. The van der Waals surface area contributed by atoms with Crippen molar-refractivity contribution in [2.75, 3.05) is 45.9 Å². The molecule has 29 heavy (non-hydrogen) atoms. The molecule has 0 saturated carbocycles. The van der Waals surface area contributed by atoms with E-state index in [-0.39, 0.29) is 12.0 Å². The minimum atomic E-state index is 0.272. The van der Waals surface area contributed by atoms with Crippen molar-refractivity contribution in [2.24, 2.45) is 4.99 Å². The van der Waals surface area contributed by atoms with Gasteiger partial charge < -0.3 is 19.9 Å². The molecule has 1 saturated heterocycles. The van der Waals surface area contributed by atoms with Crippen LogP contribution >= 0.6 is 11.3 Å². The zero-order chi connectivity index (χ0) is 20.5. The number of aromatic nitrogens is 2. The van der Waals surface area contributed by atoms with E-state index in [1.54, 1.807) is 11.3 Å². The van der Waals surface area contributed by atoms with E-state index in [4.69, 9.17) is 14.3 Å². The van der Waals surface area contributed by atoms with Crippen LogP contribution in [0.4, 0.5) is 0 Å². The van der Waals surface area contributed by atoms with E-state index in [0.717, 1.165) is 44.6 Å². The second kappa shape index (κ2) is 11.3. The van der Waals surface area contributed by atoms with Crippen LogP contribution in [-0.2, 0) is 11.2 Å². The highest BCUT2D eigenvalue weighted by Crippen LogP contribution is 2.26. The van der Waals surface area contributed by atoms with Crippen molar-refractivity contribution in [3.63, 3.8) is 0 Å². The molecule has 8 nitrogen and oxygen atoms in total. The molecule has 0 amide bonds. The van der Waals surface area contributed by atoms with E-state index in [9.17, 15) is 0 Å². The summed E-state index contributed by atoms with van der Waals surface area (Å²) in [6.07, 6.45) is 0.669. The number of nitrogens with one attached hydrogen (secondary N) is 2. The molecule has 2 aromatic rings. The number of nitrogens with zero attached hydrogens (tertiary/aromatic N) is 4. The van der Waals surface area contributed by atoms with Gasteiger partial charge in [-0.3, -0.25) is 9.89 Å². The molecule has 0 bridgehead atoms. The number of ether oxygens (including phenoxy) is 1. The summed E-state index contributed by atoms with van der Waals surface area (Å²) in [5, 5.41) is 12.9. The summed E-state index contributed by atoms with van der Waals surface area (Å²) in [5.41, 5.74) is 0. The molecule has 3 rings (SSSR count). The lowest BCUT2D eigenvalue weighted by molar-refractivity contribution is 0.0186. The van der Waals surface area contributed by atoms with Crippen molar-refractivity contribution in [2.45, 2.75) is 39.2 Å². The van der Waals surface area contributed by atoms with Gasteiger partial charge in [-0.05, 0) is 18.4 Å². The van der Waals surface area contributed by atoms with E-state index < -0.39 is 0 Å². The Labute approximate surface area is 176 Å². The van der Waals surface area contributed by atoms with Crippen molar-refractivity contribution in [1.29, 1.82) is 0 Å². The molecule has 1 atom stereocenters. The molecule has 1 unspecified atom stereocenters. The third-order valence-corrected chi connectivity index (χ3v) is 5.73. The highest BCUT2D eigenvalue weighted by atomic mass is 32.1. The average molecular weight is 421 g/mol. The van der Waals surface area contributed by atoms with Gasteiger partial charge in [-0.2, -0.15) is 4.98 Å². The standard InChI is InChI=1S/C20H32N6O2S/c1-4-21-20(22-8-7-18-24-19(15(2)3)25-28-18)23-14-16(17-6-5-13-29-17)26-9-11-27-12-10-26/h5-6,13,15-16H,4,7-12,14H2,1-3H3,(H2,21,22,23). The normalized spacial score (nSPS) is 16.9. The summed E-state index contributed by atoms with van der Waals surface area (Å²) < 4.78 is 10.8. The van der Waals surface area contributed by atoms with Crippen LogP contribution in [0.25, 0.3) is 0 Å². The molecule has 2 N–H and O–H groups in total. The maximum absolute atomic E-state index is 5.52. The Bertz CT molecular complexity index is 740. The van der Waals surface area contributed by atoms with E-state index in [1.165, 1.54) is 4.88 Å². The van der Waals surface area contributed by atoms with Gasteiger partial charge in [0, 0.05) is 43.4 Å². The third-order valence-electron chi connectivity index (χ3n) is 4.76. The number of hydrogen-bond acceptors (Lipinski definition) is 7. The Hall–Kier alpha value is -1.97. The van der Waals surface area contributed by atoms with Crippen molar-refractivity contribution in [3.8, 4) is 0 Å². The van der Waals surface area contributed by atoms with Crippen molar-refractivity contribution in [1.82, 2.24) is 25.7 Å². The third kappa shape index (κ3) is 6.52. The van der Waals surface area contributed by atoms with E-state index in [2.05, 4.69) is 64.0 Å². The Morgan fingerprint density at radius 2 is 2.14 bits per heavy atom. The number of morpholine rings is 1. The monoisotopic (exact) mass is 420 g/mol. The van der Waals surface area contributed by atoms with Gasteiger partial charge in [-0.25, -0.2) is 0 Å². The lowest BCUT2D eigenvalue weighted by atomic mass is 10.2. The van der Waals surface area contributed by atoms with Crippen LogP contribution < -0.4 is 10.6 Å². The second-order valence-electron chi connectivity index (χ2n) is 7.28. The Kier molecular flexibility index (Phi) is 8.45. The minimum Gasteiger partial charge on any atom is -0.379 e. The maximum atomic E-state index is 5.52. The van der Waals surface area contributed by atoms with Crippen molar-refractivity contribution < 1.29 is 9.26 Å². The molecule has 0 spiro atoms. The van der Waals surface area contributed by atoms with Crippen molar-refractivity contribution >= 4 is 17.3 Å². The van der Waals surface area contributed by atoms with Gasteiger partial charge in [0.1, 0.15) is 0 Å². The number of rotatable bonds is 9. The zero-order valence-corrected chi connectivity index (χ0v) is 18.4. The maximum Gasteiger partial charge on any atom is 0.228 e. The fourth-order valence-corrected chi connectivity index (χ4v) is 4.02. The smallest absolute Gasteiger partial charge is 0.228 e. The highest BCUT2D eigenvalue weighted by Gasteiger charge is 2.23. The zero-order valence-electron chi connectivity index (χ0n) is 17.6. The van der Waals surface area contributed by atoms with Gasteiger partial charge in [0.25, 0.3) is 0 Å². The van der Waals surface area contributed by atoms with Crippen LogP contribution in [0.3, 0.4) is 0 Å². The van der Waals surface area contributed by atoms with E-state index >= 15 is 0 Å². The van der Waals surface area contributed by atoms with Crippen LogP contribution in [0.1, 0.15) is 49.3 Å². The summed E-state index contributed by atoms with van der Waals surface area (Å²) >= 11 is 1.79. The fraction of sp³-hybridized carbons (Fsp3) is 0.650. The number of guanidine groups is 1. The van der Waals surface area contributed by atoms with Crippen LogP contribution in [0.2, 0.25) is 0 Å². The number of aliphatic imine (C=N–C) groups is 1. The van der Waals surface area contributed by atoms with Gasteiger partial charge in [0.2, 0.25) is 5.89 Å². The predicted molar refractivity (Wildman–Crippen MR) is 116 cm³/mol. The van der Waals surface area contributed by atoms with Crippen LogP contribution in [0.15, 0.2) is 27.0 Å². The van der Waals surface area contributed by atoms with Crippen LogP contribution in [0.5, 0.6) is 0 Å². The second-order valence-corrected chi connectivity index (χ2v) is 8.26. The number of thiophene rings is 1. The van der Waals surface area contributed by atoms with Gasteiger partial charge in [-0.15, -0.1) is 11.3 Å². The molecule has 3 heterocycles. The van der Waals surface area contributed by atoms with Gasteiger partial charge in [-0.1, -0.05) is 25.1 Å². The Morgan fingerprint density at radius 3 is 2.79 bits per heavy atom. The summed E-state index contributed by atoms with van der Waals surface area (Å²) in [6.45, 7) is 11.8. The molecule has 0 radical (unpaired) electrons. The van der Waals surface area contributed by atoms with E-state index in [1.807, 2.05) is 0 Å². The van der Waals surface area contributed by atoms with Gasteiger partial charge in [0.05, 0.1) is 25.8 Å². The largest absolute Gasteiger partial charge is 0.379 e. The summed E-state index contributed by atoms with van der Waals surface area (Å²) in [4.78, 5) is 13.1. The molecule has 9 heteroatoms. The lowest BCUT2D eigenvalue weighted by Gasteiger charge is -2.33. The quantitative estimate of drug-likeness (QED) is 0.476.